The van der Waals surface area contributed by atoms with Crippen molar-refractivity contribution >= 4 is 0 Å². The van der Waals surface area contributed by atoms with Crippen molar-refractivity contribution < 1.29 is 9.84 Å². The van der Waals surface area contributed by atoms with Crippen LogP contribution >= 0.6 is 0 Å². The topological polar surface area (TPSA) is 35.9 Å². The van der Waals surface area contributed by atoms with Gasteiger partial charge in [0.2, 0.25) is 0 Å². The van der Waals surface area contributed by atoms with E-state index in [4.69, 9.17) is 11.2 Å². The van der Waals surface area contributed by atoms with Gasteiger partial charge in [-0.1, -0.05) is 19.8 Å². The first-order chi connectivity index (χ1) is 9.03. The molecule has 0 aromatic rings. The van der Waals surface area contributed by atoms with Crippen LogP contribution < -0.4 is 0 Å². The number of nitrogens with zero attached hydrogens (tertiary/aromatic N) is 2. The first-order valence-electron chi connectivity index (χ1n) is 7.27. The fourth-order valence-electron chi connectivity index (χ4n) is 2.16. The van der Waals surface area contributed by atoms with Crippen LogP contribution in [0.5, 0.6) is 0 Å². The first kappa shape index (κ1) is 16.5. The monoisotopic (exact) mass is 268 g/mol. The number of hydrogen-bond acceptors (Lipinski definition) is 4. The van der Waals surface area contributed by atoms with E-state index in [9.17, 15) is 5.11 Å². The molecule has 0 aromatic carbocycles. The average Bonchev–Trinajstić information content (AvgIpc) is 2.45. The molecule has 1 saturated heterocycles. The van der Waals surface area contributed by atoms with Gasteiger partial charge in [0.25, 0.3) is 0 Å². The lowest BCUT2D eigenvalue weighted by Gasteiger charge is -2.35. The van der Waals surface area contributed by atoms with Crippen molar-refractivity contribution in [1.82, 2.24) is 9.80 Å². The molecule has 0 spiro atoms. The summed E-state index contributed by atoms with van der Waals surface area (Å²) >= 11 is 0. The molecule has 0 aromatic heterocycles. The molecular formula is C15H28N2O2. The smallest absolute Gasteiger partial charge is 0.125 e. The molecule has 1 N–H and O–H groups in total. The highest BCUT2D eigenvalue weighted by Gasteiger charge is 2.23. The van der Waals surface area contributed by atoms with Crippen molar-refractivity contribution in [3.8, 4) is 12.3 Å². The van der Waals surface area contributed by atoms with Crippen LogP contribution in [0.15, 0.2) is 0 Å². The molecule has 2 atom stereocenters. The number of piperazine rings is 1. The van der Waals surface area contributed by atoms with Crippen molar-refractivity contribution in [2.45, 2.75) is 38.9 Å². The van der Waals surface area contributed by atoms with E-state index in [2.05, 4.69) is 22.6 Å². The first-order valence-corrected chi connectivity index (χ1v) is 7.27. The predicted molar refractivity (Wildman–Crippen MR) is 78.0 cm³/mol. The van der Waals surface area contributed by atoms with Gasteiger partial charge in [0.15, 0.2) is 0 Å². The van der Waals surface area contributed by atoms with Crippen LogP contribution in [0.2, 0.25) is 0 Å². The van der Waals surface area contributed by atoms with Crippen molar-refractivity contribution in [1.29, 1.82) is 0 Å². The van der Waals surface area contributed by atoms with E-state index in [-0.39, 0.29) is 0 Å². The molecule has 19 heavy (non-hydrogen) atoms. The number of rotatable bonds is 7. The maximum atomic E-state index is 10.0. The van der Waals surface area contributed by atoms with Gasteiger partial charge in [-0.25, -0.2) is 0 Å². The molecule has 1 fully saturated rings. The Morgan fingerprint density at radius 2 is 1.84 bits per heavy atom. The Balaban J connectivity index is 2.25. The molecule has 1 heterocycles. The number of β-amino-alcohol motifs (C(OH)–C–C–N with tert-alkyl or cyclic N) is 1. The second-order valence-electron chi connectivity index (χ2n) is 5.43. The Morgan fingerprint density at radius 1 is 1.26 bits per heavy atom. The summed E-state index contributed by atoms with van der Waals surface area (Å²) in [7, 11) is 0. The summed E-state index contributed by atoms with van der Waals surface area (Å²) in [5, 5.41) is 10.0. The molecule has 0 amide bonds. The minimum Gasteiger partial charge on any atom is -0.389 e. The summed E-state index contributed by atoms with van der Waals surface area (Å²) in [5.41, 5.74) is -0.554. The van der Waals surface area contributed by atoms with Gasteiger partial charge in [0, 0.05) is 32.7 Å². The van der Waals surface area contributed by atoms with E-state index in [0.717, 1.165) is 39.1 Å². The van der Waals surface area contributed by atoms with Gasteiger partial charge in [0.05, 0.1) is 12.7 Å². The lowest BCUT2D eigenvalue weighted by Crippen LogP contribution is -2.49. The molecule has 0 bridgehead atoms. The second-order valence-corrected chi connectivity index (χ2v) is 5.43. The van der Waals surface area contributed by atoms with Crippen LogP contribution in [0.25, 0.3) is 0 Å². The lowest BCUT2D eigenvalue weighted by molar-refractivity contribution is -0.0499. The van der Waals surface area contributed by atoms with Gasteiger partial charge in [0.1, 0.15) is 5.60 Å². The molecule has 0 saturated carbocycles. The zero-order chi connectivity index (χ0) is 14.3. The summed E-state index contributed by atoms with van der Waals surface area (Å²) in [4.78, 5) is 4.71. The fraction of sp³-hybridized carbons (Fsp3) is 0.867. The molecule has 1 rings (SSSR count). The third-order valence-corrected chi connectivity index (χ3v) is 3.96. The van der Waals surface area contributed by atoms with Crippen LogP contribution in [-0.4, -0.2) is 72.5 Å². The Kier molecular flexibility index (Phi) is 6.81. The van der Waals surface area contributed by atoms with E-state index in [1.54, 1.807) is 0 Å². The van der Waals surface area contributed by atoms with Gasteiger partial charge in [-0.05, 0) is 19.9 Å². The quantitative estimate of drug-likeness (QED) is 0.693. The Labute approximate surface area is 117 Å². The van der Waals surface area contributed by atoms with Crippen LogP contribution in [0.3, 0.4) is 0 Å². The summed E-state index contributed by atoms with van der Waals surface area (Å²) in [5.74, 6) is 2.65. The SMILES string of the molecule is C#C[C@](C)(CC)OC[C@@H](O)CN1CCN(CC)CC1. The molecule has 4 heteroatoms. The summed E-state index contributed by atoms with van der Waals surface area (Å²) in [6.07, 6.45) is 5.74. The summed E-state index contributed by atoms with van der Waals surface area (Å²) in [6.45, 7) is 12.4. The third kappa shape index (κ3) is 5.50. The van der Waals surface area contributed by atoms with Crippen molar-refractivity contribution in [2.75, 3.05) is 45.9 Å². The number of likely N-dealkylation sites (N-methyl/N-ethyl adjacent to an activating group) is 1. The molecular weight excluding hydrogens is 240 g/mol. The van der Waals surface area contributed by atoms with Crippen molar-refractivity contribution in [3.05, 3.63) is 0 Å². The highest BCUT2D eigenvalue weighted by atomic mass is 16.5. The van der Waals surface area contributed by atoms with Gasteiger partial charge in [-0.15, -0.1) is 6.42 Å². The van der Waals surface area contributed by atoms with E-state index >= 15 is 0 Å². The lowest BCUT2D eigenvalue weighted by atomic mass is 10.1. The van der Waals surface area contributed by atoms with Gasteiger partial charge in [-0.2, -0.15) is 0 Å². The van der Waals surface area contributed by atoms with Gasteiger partial charge < -0.3 is 14.7 Å². The van der Waals surface area contributed by atoms with Crippen LogP contribution in [0.4, 0.5) is 0 Å². The number of aliphatic hydroxyl groups excluding tert-OH is 1. The number of hydrogen-bond donors (Lipinski definition) is 1. The molecule has 0 unspecified atom stereocenters. The Hall–Kier alpha value is -0.600. The van der Waals surface area contributed by atoms with Gasteiger partial charge >= 0.3 is 0 Å². The minimum atomic E-state index is -0.554. The maximum absolute atomic E-state index is 10.0. The van der Waals surface area contributed by atoms with Crippen LogP contribution in [0.1, 0.15) is 27.2 Å². The van der Waals surface area contributed by atoms with Crippen LogP contribution in [-0.2, 0) is 4.74 Å². The summed E-state index contributed by atoms with van der Waals surface area (Å²) in [6, 6.07) is 0. The zero-order valence-electron chi connectivity index (χ0n) is 12.6. The van der Waals surface area contributed by atoms with E-state index in [1.165, 1.54) is 0 Å². The van der Waals surface area contributed by atoms with Gasteiger partial charge in [-0.3, -0.25) is 4.90 Å². The van der Waals surface area contributed by atoms with E-state index in [0.29, 0.717) is 13.2 Å². The van der Waals surface area contributed by atoms with E-state index < -0.39 is 11.7 Å². The minimum absolute atomic E-state index is 0.308. The standard InChI is InChI=1S/C15H28N2O2/c1-5-15(4,6-2)19-13-14(18)12-17-10-8-16(7-3)9-11-17/h1,14,18H,6-13H2,2-4H3/t14-,15+/m0/s1. The molecule has 1 aliphatic heterocycles. The molecule has 4 nitrogen and oxygen atoms in total. The van der Waals surface area contributed by atoms with Crippen molar-refractivity contribution in [3.63, 3.8) is 0 Å². The number of ether oxygens (including phenoxy) is 1. The molecule has 110 valence electrons. The Morgan fingerprint density at radius 3 is 2.32 bits per heavy atom. The Bertz CT molecular complexity index is 295. The highest BCUT2D eigenvalue weighted by Crippen LogP contribution is 2.14. The summed E-state index contributed by atoms with van der Waals surface area (Å²) < 4.78 is 5.65. The third-order valence-electron chi connectivity index (χ3n) is 3.96. The molecule has 1 aliphatic rings. The highest BCUT2D eigenvalue weighted by molar-refractivity contribution is 5.05. The van der Waals surface area contributed by atoms with E-state index in [1.807, 2.05) is 13.8 Å². The fourth-order valence-corrected chi connectivity index (χ4v) is 2.16. The molecule has 0 radical (unpaired) electrons. The van der Waals surface area contributed by atoms with Crippen LogP contribution in [0, 0.1) is 12.3 Å². The number of aliphatic hydroxyl groups is 1. The molecule has 0 aliphatic carbocycles. The normalized spacial score (nSPS) is 22.7. The predicted octanol–water partition coefficient (Wildman–Crippen LogP) is 0.803. The second kappa shape index (κ2) is 7.86. The maximum Gasteiger partial charge on any atom is 0.125 e. The number of terminal acetylenes is 1. The van der Waals surface area contributed by atoms with Crippen molar-refractivity contribution in [2.24, 2.45) is 0 Å². The zero-order valence-corrected chi connectivity index (χ0v) is 12.6. The largest absolute Gasteiger partial charge is 0.389 e. The average molecular weight is 268 g/mol.